The lowest BCUT2D eigenvalue weighted by Crippen LogP contribution is -2.05. The van der Waals surface area contributed by atoms with Crippen LogP contribution in [-0.4, -0.2) is 22.0 Å². The van der Waals surface area contributed by atoms with Crippen molar-refractivity contribution in [1.29, 1.82) is 0 Å². The van der Waals surface area contributed by atoms with Crippen molar-refractivity contribution in [2.75, 3.05) is 7.05 Å². The Morgan fingerprint density at radius 2 is 2.47 bits per heavy atom. The number of nitrogens with zero attached hydrogens (tertiary/aromatic N) is 3. The van der Waals surface area contributed by atoms with E-state index >= 15 is 0 Å². The number of rotatable bonds is 5. The monoisotopic (exact) mass is 222 g/mol. The van der Waals surface area contributed by atoms with E-state index in [-0.39, 0.29) is 0 Å². The Bertz CT molecular complexity index is 393. The maximum absolute atomic E-state index is 4.07. The SMILES string of the molecule is CNCc1cn(CCc2cccs2)nn1. The van der Waals surface area contributed by atoms with Crippen molar-refractivity contribution < 1.29 is 0 Å². The Kier molecular flexibility index (Phi) is 3.47. The predicted octanol–water partition coefficient (Wildman–Crippen LogP) is 1.30. The summed E-state index contributed by atoms with van der Waals surface area (Å²) in [5, 5.41) is 13.3. The average Bonchev–Trinajstić information content (AvgIpc) is 2.85. The molecule has 0 aliphatic rings. The Morgan fingerprint density at radius 1 is 1.53 bits per heavy atom. The molecule has 0 bridgehead atoms. The molecule has 15 heavy (non-hydrogen) atoms. The first-order valence-corrected chi connectivity index (χ1v) is 5.82. The second-order valence-electron chi connectivity index (χ2n) is 3.33. The van der Waals surface area contributed by atoms with Gasteiger partial charge in [0.05, 0.1) is 5.69 Å². The van der Waals surface area contributed by atoms with Crippen molar-refractivity contribution in [3.8, 4) is 0 Å². The lowest BCUT2D eigenvalue weighted by atomic mass is 10.3. The largest absolute Gasteiger partial charge is 0.314 e. The Labute approximate surface area is 92.9 Å². The highest BCUT2D eigenvalue weighted by Gasteiger charge is 2.00. The summed E-state index contributed by atoms with van der Waals surface area (Å²) >= 11 is 1.79. The van der Waals surface area contributed by atoms with Crippen LogP contribution in [0.25, 0.3) is 0 Å². The third-order valence-electron chi connectivity index (χ3n) is 2.11. The maximum Gasteiger partial charge on any atom is 0.0964 e. The van der Waals surface area contributed by atoms with Crippen molar-refractivity contribution in [1.82, 2.24) is 20.3 Å². The van der Waals surface area contributed by atoms with E-state index in [2.05, 4.69) is 33.1 Å². The van der Waals surface area contributed by atoms with Crippen LogP contribution < -0.4 is 5.32 Å². The van der Waals surface area contributed by atoms with E-state index in [0.717, 1.165) is 25.2 Å². The summed E-state index contributed by atoms with van der Waals surface area (Å²) in [7, 11) is 1.91. The molecule has 4 nitrogen and oxygen atoms in total. The van der Waals surface area contributed by atoms with Crippen LogP contribution in [0, 0.1) is 0 Å². The molecule has 80 valence electrons. The van der Waals surface area contributed by atoms with Gasteiger partial charge in [0.25, 0.3) is 0 Å². The van der Waals surface area contributed by atoms with Crippen LogP contribution in [0.1, 0.15) is 10.6 Å². The fraction of sp³-hybridized carbons (Fsp3) is 0.400. The zero-order chi connectivity index (χ0) is 10.5. The number of aromatic nitrogens is 3. The van der Waals surface area contributed by atoms with Crippen LogP contribution >= 0.6 is 11.3 Å². The molecule has 0 saturated heterocycles. The standard InChI is InChI=1S/C10H14N4S/c1-11-7-9-8-14(13-12-9)5-4-10-3-2-6-15-10/h2-3,6,8,11H,4-5,7H2,1H3. The quantitative estimate of drug-likeness (QED) is 0.829. The van der Waals surface area contributed by atoms with Crippen LogP contribution in [0.3, 0.4) is 0 Å². The molecule has 2 heterocycles. The van der Waals surface area contributed by atoms with Crippen molar-refractivity contribution in [3.05, 3.63) is 34.3 Å². The van der Waals surface area contributed by atoms with Gasteiger partial charge in [-0.2, -0.15) is 0 Å². The Balaban J connectivity index is 1.88. The third-order valence-corrected chi connectivity index (χ3v) is 3.05. The van der Waals surface area contributed by atoms with E-state index in [0.29, 0.717) is 0 Å². The summed E-state index contributed by atoms with van der Waals surface area (Å²) in [5.41, 5.74) is 0.990. The van der Waals surface area contributed by atoms with Gasteiger partial charge in [-0.1, -0.05) is 11.3 Å². The van der Waals surface area contributed by atoms with Crippen LogP contribution in [-0.2, 0) is 19.5 Å². The zero-order valence-electron chi connectivity index (χ0n) is 8.68. The number of thiophene rings is 1. The van der Waals surface area contributed by atoms with Gasteiger partial charge >= 0.3 is 0 Å². The van der Waals surface area contributed by atoms with Gasteiger partial charge in [0.1, 0.15) is 0 Å². The van der Waals surface area contributed by atoms with Gasteiger partial charge in [0.2, 0.25) is 0 Å². The first kappa shape index (κ1) is 10.3. The molecule has 2 aromatic rings. The fourth-order valence-corrected chi connectivity index (χ4v) is 2.09. The smallest absolute Gasteiger partial charge is 0.0964 e. The lowest BCUT2D eigenvalue weighted by molar-refractivity contribution is 0.592. The van der Waals surface area contributed by atoms with E-state index in [4.69, 9.17) is 0 Å². The van der Waals surface area contributed by atoms with Crippen molar-refractivity contribution in [2.45, 2.75) is 19.5 Å². The minimum Gasteiger partial charge on any atom is -0.314 e. The van der Waals surface area contributed by atoms with Crippen LogP contribution in [0.2, 0.25) is 0 Å². The highest BCUT2D eigenvalue weighted by molar-refractivity contribution is 7.09. The summed E-state index contributed by atoms with van der Waals surface area (Å²) in [6.45, 7) is 1.68. The number of aryl methyl sites for hydroxylation is 2. The van der Waals surface area contributed by atoms with Gasteiger partial charge in [-0.3, -0.25) is 4.68 Å². The third kappa shape index (κ3) is 2.87. The summed E-state index contributed by atoms with van der Waals surface area (Å²) in [6, 6.07) is 4.23. The van der Waals surface area contributed by atoms with Crippen LogP contribution in [0.5, 0.6) is 0 Å². The first-order chi connectivity index (χ1) is 7.38. The molecule has 0 aliphatic carbocycles. The Morgan fingerprint density at radius 3 is 3.20 bits per heavy atom. The molecular weight excluding hydrogens is 208 g/mol. The van der Waals surface area contributed by atoms with Gasteiger partial charge in [-0.05, 0) is 18.5 Å². The van der Waals surface area contributed by atoms with Crippen molar-refractivity contribution in [3.63, 3.8) is 0 Å². The van der Waals surface area contributed by atoms with Crippen LogP contribution in [0.4, 0.5) is 0 Å². The second-order valence-corrected chi connectivity index (χ2v) is 4.36. The zero-order valence-corrected chi connectivity index (χ0v) is 9.50. The normalized spacial score (nSPS) is 10.7. The molecule has 0 amide bonds. The van der Waals surface area contributed by atoms with E-state index in [9.17, 15) is 0 Å². The van der Waals surface area contributed by atoms with Gasteiger partial charge in [-0.25, -0.2) is 0 Å². The molecular formula is C10H14N4S. The molecule has 0 spiro atoms. The summed E-state index contributed by atoms with van der Waals surface area (Å²) < 4.78 is 1.90. The molecule has 0 aromatic carbocycles. The highest BCUT2D eigenvalue weighted by atomic mass is 32.1. The second kappa shape index (κ2) is 5.04. The van der Waals surface area contributed by atoms with Gasteiger partial charge in [-0.15, -0.1) is 16.4 Å². The van der Waals surface area contributed by atoms with Crippen LogP contribution in [0.15, 0.2) is 23.7 Å². The molecule has 0 atom stereocenters. The van der Waals surface area contributed by atoms with Gasteiger partial charge < -0.3 is 5.32 Å². The molecule has 1 N–H and O–H groups in total. The van der Waals surface area contributed by atoms with Crippen molar-refractivity contribution >= 4 is 11.3 Å². The van der Waals surface area contributed by atoms with E-state index in [1.165, 1.54) is 4.88 Å². The minimum absolute atomic E-state index is 0.777. The predicted molar refractivity (Wildman–Crippen MR) is 60.8 cm³/mol. The fourth-order valence-electron chi connectivity index (χ4n) is 1.39. The highest BCUT2D eigenvalue weighted by Crippen LogP contribution is 2.09. The van der Waals surface area contributed by atoms with Crippen molar-refractivity contribution in [2.24, 2.45) is 0 Å². The van der Waals surface area contributed by atoms with E-state index in [1.54, 1.807) is 11.3 Å². The Hall–Kier alpha value is -1.20. The minimum atomic E-state index is 0.777. The molecule has 0 fully saturated rings. The van der Waals surface area contributed by atoms with E-state index in [1.807, 2.05) is 17.9 Å². The lowest BCUT2D eigenvalue weighted by Gasteiger charge is -1.97. The first-order valence-electron chi connectivity index (χ1n) is 4.94. The molecule has 2 rings (SSSR count). The van der Waals surface area contributed by atoms with Gasteiger partial charge in [0, 0.05) is 30.6 Å². The number of hydrogen-bond donors (Lipinski definition) is 1. The van der Waals surface area contributed by atoms with Gasteiger partial charge in [0.15, 0.2) is 0 Å². The number of nitrogens with one attached hydrogen (secondary N) is 1. The summed E-state index contributed by atoms with van der Waals surface area (Å²) in [5.74, 6) is 0. The average molecular weight is 222 g/mol. The van der Waals surface area contributed by atoms with E-state index < -0.39 is 0 Å². The molecule has 0 saturated carbocycles. The molecule has 0 aliphatic heterocycles. The molecule has 2 aromatic heterocycles. The maximum atomic E-state index is 4.07. The topological polar surface area (TPSA) is 42.7 Å². The summed E-state index contributed by atoms with van der Waals surface area (Å²) in [4.78, 5) is 1.39. The molecule has 0 unspecified atom stereocenters. The molecule has 5 heteroatoms. The number of hydrogen-bond acceptors (Lipinski definition) is 4. The summed E-state index contributed by atoms with van der Waals surface area (Å²) in [6.07, 6.45) is 3.02. The molecule has 0 radical (unpaired) electrons.